The Bertz CT molecular complexity index is 149. The van der Waals surface area contributed by atoms with Crippen LogP contribution in [-0.2, 0) is 14.3 Å². The smallest absolute Gasteiger partial charge is 0.334 e. The Balaban J connectivity index is 3.76. The van der Waals surface area contributed by atoms with E-state index in [1.54, 1.807) is 13.8 Å². The van der Waals surface area contributed by atoms with Gasteiger partial charge in [0, 0.05) is 0 Å². The molecule has 0 heterocycles. The summed E-state index contributed by atoms with van der Waals surface area (Å²) in [5.74, 6) is 0.240. The molecule has 0 fully saturated rings. The van der Waals surface area contributed by atoms with Crippen LogP contribution in [0.3, 0.4) is 0 Å². The Morgan fingerprint density at radius 1 is 1.27 bits per heavy atom. The number of rotatable bonds is 4. The minimum absolute atomic E-state index is 0.349. The van der Waals surface area contributed by atoms with Crippen LogP contribution in [0.25, 0.3) is 0 Å². The van der Waals surface area contributed by atoms with Crippen molar-refractivity contribution in [2.24, 2.45) is 0 Å². The van der Waals surface area contributed by atoms with E-state index in [-0.39, 0.29) is 5.97 Å². The van der Waals surface area contributed by atoms with Crippen molar-refractivity contribution >= 4 is 5.97 Å². The molecule has 0 rings (SSSR count). The highest BCUT2D eigenvalue weighted by Crippen LogP contribution is 1.95. The molecule has 0 unspecified atom stereocenters. The van der Waals surface area contributed by atoms with Crippen LogP contribution in [0.4, 0.5) is 0 Å². The Kier molecular flexibility index (Phi) is 5.25. The molecule has 0 saturated heterocycles. The normalized spacial score (nSPS) is 11.0. The van der Waals surface area contributed by atoms with E-state index < -0.39 is 0 Å². The molecule has 0 aliphatic carbocycles. The van der Waals surface area contributed by atoms with E-state index >= 15 is 0 Å². The first-order valence-electron chi connectivity index (χ1n) is 3.68. The Morgan fingerprint density at radius 3 is 2.27 bits per heavy atom. The van der Waals surface area contributed by atoms with Gasteiger partial charge in [0.05, 0.1) is 19.3 Å². The number of hydrogen-bond donors (Lipinski definition) is 0. The number of allylic oxidation sites excluding steroid dienone is 1. The molecule has 0 N–H and O–H groups in total. The van der Waals surface area contributed by atoms with Crippen molar-refractivity contribution in [2.45, 2.75) is 20.8 Å². The summed E-state index contributed by atoms with van der Waals surface area (Å²) in [6, 6.07) is 0. The molecule has 3 nitrogen and oxygen atoms in total. The second-order valence-electron chi connectivity index (χ2n) is 1.94. The lowest BCUT2D eigenvalue weighted by atomic mass is 10.5. The van der Waals surface area contributed by atoms with Crippen molar-refractivity contribution in [3.8, 4) is 0 Å². The molecule has 64 valence electrons. The summed E-state index contributed by atoms with van der Waals surface area (Å²) >= 11 is 0. The van der Waals surface area contributed by atoms with Gasteiger partial charge < -0.3 is 9.47 Å². The van der Waals surface area contributed by atoms with Crippen molar-refractivity contribution in [3.05, 3.63) is 11.8 Å². The van der Waals surface area contributed by atoms with E-state index in [1.807, 2.05) is 6.92 Å². The maximum absolute atomic E-state index is 10.7. The quantitative estimate of drug-likeness (QED) is 0.353. The van der Waals surface area contributed by atoms with Gasteiger partial charge in [-0.3, -0.25) is 0 Å². The third-order valence-corrected chi connectivity index (χ3v) is 0.980. The zero-order valence-electron chi connectivity index (χ0n) is 7.22. The van der Waals surface area contributed by atoms with E-state index in [2.05, 4.69) is 4.74 Å². The SMILES string of the molecule is CCOC(=O)/C=C(\C)OCC. The fraction of sp³-hybridized carbons (Fsp3) is 0.625. The summed E-state index contributed by atoms with van der Waals surface area (Å²) in [6.07, 6.45) is 1.34. The van der Waals surface area contributed by atoms with Gasteiger partial charge in [0.25, 0.3) is 0 Å². The van der Waals surface area contributed by atoms with Crippen molar-refractivity contribution < 1.29 is 14.3 Å². The number of esters is 1. The first-order chi connectivity index (χ1) is 5.20. The molecule has 0 spiro atoms. The van der Waals surface area contributed by atoms with Gasteiger partial charge in [-0.1, -0.05) is 0 Å². The van der Waals surface area contributed by atoms with E-state index in [9.17, 15) is 4.79 Å². The molecule has 0 aromatic carbocycles. The molecule has 0 radical (unpaired) electrons. The first kappa shape index (κ1) is 10.0. The lowest BCUT2D eigenvalue weighted by molar-refractivity contribution is -0.137. The van der Waals surface area contributed by atoms with Crippen LogP contribution in [-0.4, -0.2) is 19.2 Å². The molecule has 0 amide bonds. The van der Waals surface area contributed by atoms with Gasteiger partial charge in [0.15, 0.2) is 0 Å². The fourth-order valence-electron chi connectivity index (χ4n) is 0.619. The van der Waals surface area contributed by atoms with Gasteiger partial charge in [-0.25, -0.2) is 4.79 Å². The van der Waals surface area contributed by atoms with Gasteiger partial charge in [-0.05, 0) is 20.8 Å². The predicted octanol–water partition coefficient (Wildman–Crippen LogP) is 1.49. The maximum Gasteiger partial charge on any atom is 0.334 e. The van der Waals surface area contributed by atoms with Gasteiger partial charge in [-0.15, -0.1) is 0 Å². The Labute approximate surface area is 67.0 Å². The molecule has 0 aliphatic rings. The summed E-state index contributed by atoms with van der Waals surface area (Å²) in [7, 11) is 0. The second kappa shape index (κ2) is 5.77. The van der Waals surface area contributed by atoms with Crippen LogP contribution in [0.15, 0.2) is 11.8 Å². The van der Waals surface area contributed by atoms with Gasteiger partial charge in [0.1, 0.15) is 5.76 Å². The molecule has 11 heavy (non-hydrogen) atoms. The highest BCUT2D eigenvalue weighted by molar-refractivity contribution is 5.82. The molecule has 0 aromatic heterocycles. The Morgan fingerprint density at radius 2 is 1.82 bits per heavy atom. The number of hydrogen-bond acceptors (Lipinski definition) is 3. The van der Waals surface area contributed by atoms with Crippen LogP contribution >= 0.6 is 0 Å². The zero-order chi connectivity index (χ0) is 8.69. The number of carbonyl (C=O) groups is 1. The second-order valence-corrected chi connectivity index (χ2v) is 1.94. The van der Waals surface area contributed by atoms with E-state index in [0.29, 0.717) is 19.0 Å². The lowest BCUT2D eigenvalue weighted by Gasteiger charge is -2.01. The fourth-order valence-corrected chi connectivity index (χ4v) is 0.619. The maximum atomic E-state index is 10.7. The van der Waals surface area contributed by atoms with Gasteiger partial charge >= 0.3 is 5.97 Å². The lowest BCUT2D eigenvalue weighted by Crippen LogP contribution is -2.01. The van der Waals surface area contributed by atoms with Crippen molar-refractivity contribution in [1.82, 2.24) is 0 Å². The topological polar surface area (TPSA) is 35.5 Å². The van der Waals surface area contributed by atoms with Crippen molar-refractivity contribution in [3.63, 3.8) is 0 Å². The summed E-state index contributed by atoms with van der Waals surface area (Å²) in [5, 5.41) is 0. The predicted molar refractivity (Wildman–Crippen MR) is 42.0 cm³/mol. The standard InChI is InChI=1S/C8H14O3/c1-4-10-7(3)6-8(9)11-5-2/h6H,4-5H2,1-3H3/b7-6+. The third kappa shape index (κ3) is 5.45. The molecule has 3 heteroatoms. The molecule has 0 bridgehead atoms. The van der Waals surface area contributed by atoms with Crippen LogP contribution in [0.5, 0.6) is 0 Å². The van der Waals surface area contributed by atoms with Crippen molar-refractivity contribution in [2.75, 3.05) is 13.2 Å². The van der Waals surface area contributed by atoms with Crippen LogP contribution < -0.4 is 0 Å². The molecular formula is C8H14O3. The van der Waals surface area contributed by atoms with E-state index in [1.165, 1.54) is 6.08 Å². The van der Waals surface area contributed by atoms with Gasteiger partial charge in [-0.2, -0.15) is 0 Å². The first-order valence-corrected chi connectivity index (χ1v) is 3.68. The molecule has 0 aliphatic heterocycles. The minimum atomic E-state index is -0.349. The minimum Gasteiger partial charge on any atom is -0.498 e. The van der Waals surface area contributed by atoms with E-state index in [0.717, 1.165) is 0 Å². The van der Waals surface area contributed by atoms with Crippen LogP contribution in [0, 0.1) is 0 Å². The molecular weight excluding hydrogens is 144 g/mol. The molecule has 0 saturated carbocycles. The average Bonchev–Trinajstić information content (AvgIpc) is 1.87. The number of ether oxygens (including phenoxy) is 2. The van der Waals surface area contributed by atoms with Crippen LogP contribution in [0.2, 0.25) is 0 Å². The average molecular weight is 158 g/mol. The highest BCUT2D eigenvalue weighted by atomic mass is 16.5. The van der Waals surface area contributed by atoms with Gasteiger partial charge in [0.2, 0.25) is 0 Å². The summed E-state index contributed by atoms with van der Waals surface area (Å²) in [5.41, 5.74) is 0. The van der Waals surface area contributed by atoms with E-state index in [4.69, 9.17) is 4.74 Å². The van der Waals surface area contributed by atoms with Crippen LogP contribution in [0.1, 0.15) is 20.8 Å². The Hall–Kier alpha value is -0.990. The summed E-state index contributed by atoms with van der Waals surface area (Å²) in [6.45, 7) is 6.32. The summed E-state index contributed by atoms with van der Waals surface area (Å²) < 4.78 is 9.68. The molecule has 0 aromatic rings. The number of carbonyl (C=O) groups excluding carboxylic acids is 1. The third-order valence-electron chi connectivity index (χ3n) is 0.980. The summed E-state index contributed by atoms with van der Waals surface area (Å²) in [4.78, 5) is 10.7. The highest BCUT2D eigenvalue weighted by Gasteiger charge is 1.96. The molecule has 0 atom stereocenters. The zero-order valence-corrected chi connectivity index (χ0v) is 7.22. The largest absolute Gasteiger partial charge is 0.498 e. The van der Waals surface area contributed by atoms with Crippen molar-refractivity contribution in [1.29, 1.82) is 0 Å². The monoisotopic (exact) mass is 158 g/mol.